The highest BCUT2D eigenvalue weighted by atomic mass is 28.3. The first-order chi connectivity index (χ1) is 13.4. The van der Waals surface area contributed by atoms with E-state index in [4.69, 9.17) is 0 Å². The Morgan fingerprint density at radius 2 is 0.667 bits per heavy atom. The van der Waals surface area contributed by atoms with Crippen LogP contribution >= 0.6 is 0 Å². The van der Waals surface area contributed by atoms with E-state index in [-0.39, 0.29) is 0 Å². The second-order valence-electron chi connectivity index (χ2n) is 7.14. The second-order valence-corrected chi connectivity index (χ2v) is 11.2. The van der Waals surface area contributed by atoms with Crippen molar-refractivity contribution in [1.82, 2.24) is 0 Å². The van der Waals surface area contributed by atoms with Gasteiger partial charge in [-0.05, 0) is 12.1 Å². The van der Waals surface area contributed by atoms with Gasteiger partial charge in [0.05, 0.1) is 0 Å². The van der Waals surface area contributed by atoms with Gasteiger partial charge in [-0.2, -0.15) is 0 Å². The maximum absolute atomic E-state index is 2.34. The fourth-order valence-corrected chi connectivity index (χ4v) is 8.84. The monoisotopic (exact) mass is 364 g/mol. The minimum absolute atomic E-state index is 1.11. The van der Waals surface area contributed by atoms with E-state index in [1.165, 1.54) is 21.5 Å². The first kappa shape index (κ1) is 17.5. The summed E-state index contributed by atoms with van der Waals surface area (Å²) in [4.78, 5) is 0. The minimum Gasteiger partial charge on any atom is -0.0626 e. The second kappa shape index (κ2) is 8.19. The van der Waals surface area contributed by atoms with Crippen LogP contribution in [0.25, 0.3) is 0 Å². The molecule has 0 fully saturated rings. The van der Waals surface area contributed by atoms with E-state index in [0.717, 1.165) is 12.1 Å². The molecule has 0 aliphatic heterocycles. The summed E-state index contributed by atoms with van der Waals surface area (Å²) in [6, 6.07) is 46.5. The minimum atomic E-state index is -2.03. The molecule has 0 saturated heterocycles. The number of hydrogen-bond donors (Lipinski definition) is 0. The summed E-state index contributed by atoms with van der Waals surface area (Å²) in [5, 5.41) is 3.01. The fourth-order valence-electron chi connectivity index (χ4n) is 4.04. The quantitative estimate of drug-likeness (QED) is 0.431. The fraction of sp³-hybridized carbons (Fsp3) is 0.0769. The smallest absolute Gasteiger partial charge is 0.0626 e. The van der Waals surface area contributed by atoms with Crippen molar-refractivity contribution in [3.05, 3.63) is 132 Å². The average Bonchev–Trinajstić information content (AvgIpc) is 2.76. The molecule has 27 heavy (non-hydrogen) atoms. The van der Waals surface area contributed by atoms with Crippen LogP contribution < -0.4 is 10.4 Å². The van der Waals surface area contributed by atoms with Gasteiger partial charge >= 0.3 is 0 Å². The summed E-state index contributed by atoms with van der Waals surface area (Å²) < 4.78 is 0. The molecule has 0 heterocycles. The van der Waals surface area contributed by atoms with Crippen molar-refractivity contribution in [3.8, 4) is 0 Å². The molecule has 4 aromatic carbocycles. The molecular weight excluding hydrogens is 340 g/mol. The molecule has 0 N–H and O–H groups in total. The molecule has 132 valence electrons. The first-order valence-corrected chi connectivity index (χ1v) is 12.0. The van der Waals surface area contributed by atoms with Crippen LogP contribution in [0.3, 0.4) is 0 Å². The van der Waals surface area contributed by atoms with Crippen LogP contribution in [-0.4, -0.2) is 8.07 Å². The van der Waals surface area contributed by atoms with E-state index < -0.39 is 8.07 Å². The zero-order valence-electron chi connectivity index (χ0n) is 15.5. The lowest BCUT2D eigenvalue weighted by molar-refractivity contribution is 1.24. The molecule has 0 radical (unpaired) electrons. The van der Waals surface area contributed by atoms with Crippen LogP contribution in [0.2, 0.25) is 0 Å². The molecular formula is C26H24Si. The summed E-state index contributed by atoms with van der Waals surface area (Å²) >= 11 is 0. The maximum atomic E-state index is 2.34. The molecule has 0 aliphatic rings. The van der Waals surface area contributed by atoms with Gasteiger partial charge in [-0.3, -0.25) is 0 Å². The van der Waals surface area contributed by atoms with Crippen molar-refractivity contribution in [3.63, 3.8) is 0 Å². The standard InChI is InChI=1S/C26H24Si/c1-5-13-23(14-6-1)21-27(25-17-9-3-10-18-25,26-19-11-4-12-20-26)22-24-15-7-2-8-16-24/h1-20H,21-22H2. The molecule has 0 saturated carbocycles. The Morgan fingerprint density at radius 3 is 1.00 bits per heavy atom. The Kier molecular flexibility index (Phi) is 5.31. The molecule has 0 unspecified atom stereocenters. The highest BCUT2D eigenvalue weighted by Crippen LogP contribution is 2.19. The lowest BCUT2D eigenvalue weighted by atomic mass is 10.2. The highest BCUT2D eigenvalue weighted by molar-refractivity contribution is 7.01. The van der Waals surface area contributed by atoms with Crippen molar-refractivity contribution >= 4 is 18.4 Å². The molecule has 4 aromatic rings. The predicted molar refractivity (Wildman–Crippen MR) is 118 cm³/mol. The molecule has 0 atom stereocenters. The molecule has 1 heteroatoms. The lowest BCUT2D eigenvalue weighted by Crippen LogP contribution is -2.62. The van der Waals surface area contributed by atoms with Gasteiger partial charge in [0.15, 0.2) is 0 Å². The Morgan fingerprint density at radius 1 is 0.370 bits per heavy atom. The van der Waals surface area contributed by atoms with Gasteiger partial charge in [-0.1, -0.05) is 143 Å². The van der Waals surface area contributed by atoms with E-state index in [2.05, 4.69) is 121 Å². The summed E-state index contributed by atoms with van der Waals surface area (Å²) in [7, 11) is -2.03. The summed E-state index contributed by atoms with van der Waals surface area (Å²) in [5.41, 5.74) is 2.85. The van der Waals surface area contributed by atoms with E-state index in [0.29, 0.717) is 0 Å². The van der Waals surface area contributed by atoms with Gasteiger partial charge in [0.2, 0.25) is 0 Å². The third-order valence-electron chi connectivity index (χ3n) is 5.35. The maximum Gasteiger partial charge on any atom is 0.126 e. The summed E-state index contributed by atoms with van der Waals surface area (Å²) in [6.45, 7) is 0. The number of hydrogen-bond acceptors (Lipinski definition) is 0. The van der Waals surface area contributed by atoms with Gasteiger partial charge in [-0.15, -0.1) is 0 Å². The van der Waals surface area contributed by atoms with Gasteiger partial charge in [0.25, 0.3) is 0 Å². The lowest BCUT2D eigenvalue weighted by Gasteiger charge is -2.33. The van der Waals surface area contributed by atoms with Crippen LogP contribution in [0.15, 0.2) is 121 Å². The largest absolute Gasteiger partial charge is 0.126 e. The van der Waals surface area contributed by atoms with Crippen molar-refractivity contribution in [2.75, 3.05) is 0 Å². The third-order valence-corrected chi connectivity index (χ3v) is 10.3. The molecule has 0 spiro atoms. The SMILES string of the molecule is c1ccc(C[Si](Cc2ccccc2)(c2ccccc2)c2ccccc2)cc1. The Labute approximate surface area is 163 Å². The van der Waals surface area contributed by atoms with Crippen molar-refractivity contribution in [2.45, 2.75) is 12.1 Å². The van der Waals surface area contributed by atoms with Crippen LogP contribution in [0.5, 0.6) is 0 Å². The van der Waals surface area contributed by atoms with E-state index in [1.54, 1.807) is 0 Å². The number of benzene rings is 4. The van der Waals surface area contributed by atoms with Crippen LogP contribution in [0, 0.1) is 0 Å². The van der Waals surface area contributed by atoms with Crippen molar-refractivity contribution in [1.29, 1.82) is 0 Å². The Balaban J connectivity index is 1.90. The van der Waals surface area contributed by atoms with Crippen molar-refractivity contribution in [2.24, 2.45) is 0 Å². The van der Waals surface area contributed by atoms with E-state index >= 15 is 0 Å². The van der Waals surface area contributed by atoms with Crippen LogP contribution in [-0.2, 0) is 12.1 Å². The topological polar surface area (TPSA) is 0 Å². The molecule has 0 bridgehead atoms. The highest BCUT2D eigenvalue weighted by Gasteiger charge is 2.37. The molecule has 4 rings (SSSR count). The average molecular weight is 365 g/mol. The zero-order chi connectivity index (χ0) is 18.4. The van der Waals surface area contributed by atoms with E-state index in [9.17, 15) is 0 Å². The number of rotatable bonds is 6. The first-order valence-electron chi connectivity index (χ1n) is 9.56. The van der Waals surface area contributed by atoms with Gasteiger partial charge in [0.1, 0.15) is 8.07 Å². The van der Waals surface area contributed by atoms with E-state index in [1.807, 2.05) is 0 Å². The molecule has 0 aromatic heterocycles. The molecule has 0 nitrogen and oxygen atoms in total. The van der Waals surface area contributed by atoms with Gasteiger partial charge in [-0.25, -0.2) is 0 Å². The summed E-state index contributed by atoms with van der Waals surface area (Å²) in [5.74, 6) is 0. The zero-order valence-corrected chi connectivity index (χ0v) is 16.5. The third kappa shape index (κ3) is 3.94. The van der Waals surface area contributed by atoms with Gasteiger partial charge < -0.3 is 0 Å². The Bertz CT molecular complexity index is 865. The van der Waals surface area contributed by atoms with Crippen LogP contribution in [0.4, 0.5) is 0 Å². The molecule has 0 aliphatic carbocycles. The van der Waals surface area contributed by atoms with Crippen molar-refractivity contribution < 1.29 is 0 Å². The Hall–Kier alpha value is -2.90. The van der Waals surface area contributed by atoms with Crippen LogP contribution in [0.1, 0.15) is 11.1 Å². The predicted octanol–water partition coefficient (Wildman–Crippen LogP) is 4.81. The van der Waals surface area contributed by atoms with Gasteiger partial charge in [0, 0.05) is 0 Å². The normalized spacial score (nSPS) is 11.3. The molecule has 0 amide bonds. The summed E-state index contributed by atoms with van der Waals surface area (Å²) in [6.07, 6.45) is 0.